The van der Waals surface area contributed by atoms with Crippen LogP contribution in [-0.4, -0.2) is 80.1 Å². The third-order valence-corrected chi connectivity index (χ3v) is 6.72. The summed E-state index contributed by atoms with van der Waals surface area (Å²) in [5, 5.41) is 19.5. The topological polar surface area (TPSA) is 78.2 Å². The van der Waals surface area contributed by atoms with Gasteiger partial charge in [-0.2, -0.15) is 5.26 Å². The minimum absolute atomic E-state index is 0.255. The van der Waals surface area contributed by atoms with Crippen molar-refractivity contribution in [2.75, 3.05) is 47.0 Å². The zero-order chi connectivity index (χ0) is 23.2. The van der Waals surface area contributed by atoms with Gasteiger partial charge in [-0.1, -0.05) is 6.07 Å². The summed E-state index contributed by atoms with van der Waals surface area (Å²) in [5.74, 6) is 2.21. The van der Waals surface area contributed by atoms with Crippen LogP contribution in [0.1, 0.15) is 24.0 Å². The molecule has 0 radical (unpaired) electrons. The van der Waals surface area contributed by atoms with E-state index in [1.165, 1.54) is 18.4 Å². The predicted molar refractivity (Wildman–Crippen MR) is 126 cm³/mol. The highest BCUT2D eigenvalue weighted by Crippen LogP contribution is 2.31. The summed E-state index contributed by atoms with van der Waals surface area (Å²) in [6.07, 6.45) is 2.80. The summed E-state index contributed by atoms with van der Waals surface area (Å²) in [7, 11) is 3.32. The molecule has 2 aliphatic heterocycles. The number of rotatable bonds is 10. The van der Waals surface area contributed by atoms with E-state index in [0.29, 0.717) is 29.9 Å². The number of hydrogen-bond donors (Lipinski definition) is 1. The molecule has 3 atom stereocenters. The molecule has 1 N–H and O–H groups in total. The minimum Gasteiger partial charge on any atom is -0.493 e. The number of fused-ring (bicyclic) bond motifs is 2. The Balaban J connectivity index is 1.24. The third-order valence-electron chi connectivity index (χ3n) is 6.72. The fourth-order valence-corrected chi connectivity index (χ4v) is 5.00. The summed E-state index contributed by atoms with van der Waals surface area (Å²) in [4.78, 5) is 5.02. The van der Waals surface area contributed by atoms with E-state index in [4.69, 9.17) is 19.5 Å². The Bertz CT molecular complexity index is 945. The van der Waals surface area contributed by atoms with Crippen LogP contribution in [0.3, 0.4) is 0 Å². The molecular weight excluding hydrogens is 418 g/mol. The Morgan fingerprint density at radius 1 is 1.03 bits per heavy atom. The summed E-state index contributed by atoms with van der Waals surface area (Å²) >= 11 is 0. The fourth-order valence-electron chi connectivity index (χ4n) is 5.00. The molecule has 3 unspecified atom stereocenters. The van der Waals surface area contributed by atoms with Gasteiger partial charge in [0.2, 0.25) is 0 Å². The van der Waals surface area contributed by atoms with Crippen LogP contribution in [0.25, 0.3) is 0 Å². The lowest BCUT2D eigenvalue weighted by atomic mass is 10.1. The Morgan fingerprint density at radius 3 is 2.36 bits per heavy atom. The van der Waals surface area contributed by atoms with Crippen LogP contribution in [-0.2, 0) is 6.42 Å². The Hall–Kier alpha value is -2.79. The van der Waals surface area contributed by atoms with Gasteiger partial charge in [0, 0.05) is 38.3 Å². The smallest absolute Gasteiger partial charge is 0.160 e. The second-order valence-corrected chi connectivity index (χ2v) is 8.88. The van der Waals surface area contributed by atoms with E-state index < -0.39 is 6.10 Å². The highest BCUT2D eigenvalue weighted by atomic mass is 16.5. The van der Waals surface area contributed by atoms with Crippen LogP contribution in [0.15, 0.2) is 42.5 Å². The van der Waals surface area contributed by atoms with Crippen molar-refractivity contribution < 1.29 is 19.3 Å². The first kappa shape index (κ1) is 23.4. The van der Waals surface area contributed by atoms with Crippen molar-refractivity contribution in [1.29, 1.82) is 5.26 Å². The summed E-state index contributed by atoms with van der Waals surface area (Å²) in [6, 6.07) is 16.2. The second kappa shape index (κ2) is 10.9. The maximum Gasteiger partial charge on any atom is 0.160 e. The molecule has 0 aliphatic carbocycles. The number of benzene rings is 2. The number of aliphatic hydroxyl groups is 1. The Labute approximate surface area is 196 Å². The summed E-state index contributed by atoms with van der Waals surface area (Å²) in [6.45, 7) is 3.97. The maximum absolute atomic E-state index is 10.6. The normalized spacial score (nSPS) is 21.4. The van der Waals surface area contributed by atoms with Crippen molar-refractivity contribution in [2.24, 2.45) is 0 Å². The molecule has 33 heavy (non-hydrogen) atoms. The van der Waals surface area contributed by atoms with Crippen molar-refractivity contribution in [1.82, 2.24) is 9.80 Å². The van der Waals surface area contributed by atoms with Gasteiger partial charge in [0.25, 0.3) is 0 Å². The van der Waals surface area contributed by atoms with E-state index >= 15 is 0 Å². The molecule has 7 heteroatoms. The lowest BCUT2D eigenvalue weighted by Crippen LogP contribution is -2.56. The summed E-state index contributed by atoms with van der Waals surface area (Å²) < 4.78 is 16.5. The van der Waals surface area contributed by atoms with Crippen LogP contribution in [0, 0.1) is 11.3 Å². The first-order valence-electron chi connectivity index (χ1n) is 11.6. The fraction of sp³-hybridized carbons (Fsp3) is 0.500. The van der Waals surface area contributed by atoms with E-state index in [9.17, 15) is 5.11 Å². The van der Waals surface area contributed by atoms with E-state index in [2.05, 4.69) is 28.0 Å². The number of aliphatic hydroxyl groups excluding tert-OH is 1. The van der Waals surface area contributed by atoms with E-state index in [0.717, 1.165) is 37.6 Å². The third kappa shape index (κ3) is 5.77. The highest BCUT2D eigenvalue weighted by Gasteiger charge is 2.40. The van der Waals surface area contributed by atoms with Crippen LogP contribution < -0.4 is 14.2 Å². The van der Waals surface area contributed by atoms with Gasteiger partial charge in [0.1, 0.15) is 18.5 Å². The van der Waals surface area contributed by atoms with Gasteiger partial charge >= 0.3 is 0 Å². The Kier molecular flexibility index (Phi) is 7.71. The lowest BCUT2D eigenvalue weighted by Gasteiger charge is -2.41. The molecule has 7 nitrogen and oxygen atoms in total. The molecule has 0 spiro atoms. The minimum atomic E-state index is -0.540. The maximum atomic E-state index is 10.6. The molecule has 0 amide bonds. The van der Waals surface area contributed by atoms with Crippen molar-refractivity contribution in [2.45, 2.75) is 37.5 Å². The van der Waals surface area contributed by atoms with E-state index in [1.807, 2.05) is 6.07 Å². The van der Waals surface area contributed by atoms with Gasteiger partial charge in [0.05, 0.1) is 25.9 Å². The molecule has 2 aromatic carbocycles. The predicted octanol–water partition coefficient (Wildman–Crippen LogP) is 2.71. The molecule has 2 aliphatic rings. The van der Waals surface area contributed by atoms with E-state index in [1.54, 1.807) is 38.5 Å². The second-order valence-electron chi connectivity index (χ2n) is 8.88. The lowest BCUT2D eigenvalue weighted by molar-refractivity contribution is 0.0115. The molecule has 2 bridgehead atoms. The van der Waals surface area contributed by atoms with Crippen LogP contribution in [0.4, 0.5) is 0 Å². The standard InChI is InChI=1S/C26H33N3O4/c1-31-25-10-5-19(13-26(25)32-2)11-12-28-15-21-6-7-22(16-28)29(21)17-23(30)18-33-24-8-3-20(14-27)4-9-24/h3-5,8-10,13,21-23,30H,6-7,11-12,15-18H2,1-2H3. The molecule has 2 heterocycles. The molecule has 2 aromatic rings. The van der Waals surface area contributed by atoms with Crippen LogP contribution in [0.2, 0.25) is 0 Å². The number of piperazine rings is 1. The van der Waals surface area contributed by atoms with Crippen molar-refractivity contribution in [3.8, 4) is 23.3 Å². The van der Waals surface area contributed by atoms with Crippen molar-refractivity contribution >= 4 is 0 Å². The molecule has 0 saturated carbocycles. The molecule has 0 aromatic heterocycles. The first-order chi connectivity index (χ1) is 16.1. The van der Waals surface area contributed by atoms with Gasteiger partial charge in [-0.3, -0.25) is 9.80 Å². The molecule has 2 saturated heterocycles. The first-order valence-corrected chi connectivity index (χ1v) is 11.6. The molecule has 4 rings (SSSR count). The van der Waals surface area contributed by atoms with Gasteiger partial charge in [-0.05, 0) is 61.2 Å². The molecule has 176 valence electrons. The number of likely N-dealkylation sites (tertiary alicyclic amines) is 1. The molecular formula is C26H33N3O4. The number of methoxy groups -OCH3 is 2. The van der Waals surface area contributed by atoms with Crippen molar-refractivity contribution in [3.05, 3.63) is 53.6 Å². The molecule has 2 fully saturated rings. The van der Waals surface area contributed by atoms with Crippen LogP contribution in [0.5, 0.6) is 17.2 Å². The van der Waals surface area contributed by atoms with E-state index in [-0.39, 0.29) is 6.61 Å². The number of nitrogens with zero attached hydrogens (tertiary/aromatic N) is 3. The van der Waals surface area contributed by atoms with Crippen molar-refractivity contribution in [3.63, 3.8) is 0 Å². The average Bonchev–Trinajstić information content (AvgIpc) is 3.07. The average molecular weight is 452 g/mol. The SMILES string of the molecule is COc1ccc(CCN2CC3CCC(C2)N3CC(O)COc2ccc(C#N)cc2)cc1OC. The number of ether oxygens (including phenoxy) is 3. The van der Waals surface area contributed by atoms with Gasteiger partial charge in [-0.15, -0.1) is 0 Å². The number of hydrogen-bond acceptors (Lipinski definition) is 7. The quantitative estimate of drug-likeness (QED) is 0.595. The van der Waals surface area contributed by atoms with Gasteiger partial charge in [0.15, 0.2) is 11.5 Å². The highest BCUT2D eigenvalue weighted by molar-refractivity contribution is 5.43. The zero-order valence-electron chi connectivity index (χ0n) is 19.4. The largest absolute Gasteiger partial charge is 0.493 e. The Morgan fingerprint density at radius 2 is 1.73 bits per heavy atom. The van der Waals surface area contributed by atoms with Gasteiger partial charge < -0.3 is 19.3 Å². The van der Waals surface area contributed by atoms with Gasteiger partial charge in [-0.25, -0.2) is 0 Å². The number of nitriles is 1. The van der Waals surface area contributed by atoms with Crippen LogP contribution >= 0.6 is 0 Å². The zero-order valence-corrected chi connectivity index (χ0v) is 19.4. The monoisotopic (exact) mass is 451 g/mol. The summed E-state index contributed by atoms with van der Waals surface area (Å²) in [5.41, 5.74) is 1.85.